The molecule has 1 unspecified atom stereocenters. The van der Waals surface area contributed by atoms with Crippen molar-refractivity contribution in [1.82, 2.24) is 0 Å². The molecule has 0 aliphatic rings. The van der Waals surface area contributed by atoms with E-state index in [1.165, 1.54) is 6.08 Å². The molecule has 1 rings (SSSR count). The van der Waals surface area contributed by atoms with Crippen LogP contribution in [-0.2, 0) is 9.53 Å². The summed E-state index contributed by atoms with van der Waals surface area (Å²) in [4.78, 5) is 11.5. The zero-order valence-corrected chi connectivity index (χ0v) is 11.3. The average molecular weight is 248 g/mol. The van der Waals surface area contributed by atoms with Gasteiger partial charge in [-0.3, -0.25) is 0 Å². The first kappa shape index (κ1) is 14.3. The molecule has 0 radical (unpaired) electrons. The number of ether oxygens (including phenoxy) is 2. The molecule has 0 bridgehead atoms. The average Bonchev–Trinajstić information content (AvgIpc) is 2.36. The van der Waals surface area contributed by atoms with Gasteiger partial charge in [0.15, 0.2) is 0 Å². The Morgan fingerprint density at radius 3 is 2.28 bits per heavy atom. The molecule has 0 saturated carbocycles. The Bertz CT molecular complexity index is 404. The van der Waals surface area contributed by atoms with Gasteiger partial charge in [0, 0.05) is 6.08 Å². The Kier molecular flexibility index (Phi) is 5.43. The zero-order valence-electron chi connectivity index (χ0n) is 11.3. The van der Waals surface area contributed by atoms with Crippen LogP contribution in [0.15, 0.2) is 30.3 Å². The summed E-state index contributed by atoms with van der Waals surface area (Å²) in [6, 6.07) is 7.46. The largest absolute Gasteiger partial charge is 0.497 e. The molecule has 1 aromatic rings. The fourth-order valence-electron chi connectivity index (χ4n) is 1.24. The monoisotopic (exact) mass is 248 g/mol. The number of hydrogen-bond acceptors (Lipinski definition) is 3. The first-order valence-corrected chi connectivity index (χ1v) is 6.05. The summed E-state index contributed by atoms with van der Waals surface area (Å²) in [7, 11) is 1.62. The van der Waals surface area contributed by atoms with Crippen molar-refractivity contribution in [1.29, 1.82) is 0 Å². The second-order valence-corrected chi connectivity index (χ2v) is 4.49. The van der Waals surface area contributed by atoms with Gasteiger partial charge in [0.25, 0.3) is 0 Å². The summed E-state index contributed by atoms with van der Waals surface area (Å²) in [6.07, 6.45) is 3.10. The van der Waals surface area contributed by atoms with E-state index in [2.05, 4.69) is 0 Å². The first-order valence-electron chi connectivity index (χ1n) is 6.05. The fraction of sp³-hybridized carbons (Fsp3) is 0.400. The lowest BCUT2D eigenvalue weighted by molar-refractivity contribution is -0.143. The van der Waals surface area contributed by atoms with E-state index in [1.807, 2.05) is 45.0 Å². The van der Waals surface area contributed by atoms with Gasteiger partial charge >= 0.3 is 5.97 Å². The predicted molar refractivity (Wildman–Crippen MR) is 72.4 cm³/mol. The third kappa shape index (κ3) is 4.62. The van der Waals surface area contributed by atoms with Crippen molar-refractivity contribution in [3.63, 3.8) is 0 Å². The highest BCUT2D eigenvalue weighted by Crippen LogP contribution is 2.12. The summed E-state index contributed by atoms with van der Waals surface area (Å²) in [5.74, 6) is 0.804. The minimum absolute atomic E-state index is 0.0713. The molecule has 0 saturated heterocycles. The third-order valence-corrected chi connectivity index (χ3v) is 2.77. The lowest BCUT2D eigenvalue weighted by Gasteiger charge is -2.14. The van der Waals surface area contributed by atoms with Gasteiger partial charge in [-0.2, -0.15) is 0 Å². The Balaban J connectivity index is 2.55. The van der Waals surface area contributed by atoms with Gasteiger partial charge in [0.2, 0.25) is 0 Å². The standard InChI is InChI=1S/C15H20O3/c1-11(2)12(3)18-15(16)10-7-13-5-8-14(17-4)9-6-13/h5-12H,1-4H3. The molecule has 98 valence electrons. The highest BCUT2D eigenvalue weighted by Gasteiger charge is 2.10. The number of rotatable bonds is 5. The predicted octanol–water partition coefficient (Wildman–Crippen LogP) is 3.30. The lowest BCUT2D eigenvalue weighted by atomic mass is 10.1. The quantitative estimate of drug-likeness (QED) is 0.592. The topological polar surface area (TPSA) is 35.5 Å². The molecule has 0 aliphatic carbocycles. The molecule has 1 aromatic carbocycles. The maximum Gasteiger partial charge on any atom is 0.331 e. The lowest BCUT2D eigenvalue weighted by Crippen LogP contribution is -2.18. The van der Waals surface area contributed by atoms with E-state index in [-0.39, 0.29) is 12.1 Å². The summed E-state index contributed by atoms with van der Waals surface area (Å²) in [5, 5.41) is 0. The van der Waals surface area contributed by atoms with Gasteiger partial charge in [0.1, 0.15) is 11.9 Å². The van der Waals surface area contributed by atoms with Crippen LogP contribution in [0.3, 0.4) is 0 Å². The zero-order chi connectivity index (χ0) is 13.5. The van der Waals surface area contributed by atoms with Crippen molar-refractivity contribution in [3.05, 3.63) is 35.9 Å². The number of carbonyl (C=O) groups is 1. The van der Waals surface area contributed by atoms with Gasteiger partial charge in [-0.15, -0.1) is 0 Å². The van der Waals surface area contributed by atoms with Crippen LogP contribution in [0, 0.1) is 5.92 Å². The van der Waals surface area contributed by atoms with Crippen LogP contribution < -0.4 is 4.74 Å². The minimum atomic E-state index is -0.313. The Morgan fingerprint density at radius 2 is 1.78 bits per heavy atom. The first-order chi connectivity index (χ1) is 8.52. The highest BCUT2D eigenvalue weighted by atomic mass is 16.5. The van der Waals surface area contributed by atoms with Gasteiger partial charge in [-0.1, -0.05) is 26.0 Å². The van der Waals surface area contributed by atoms with Crippen LogP contribution in [0.25, 0.3) is 6.08 Å². The van der Waals surface area contributed by atoms with Crippen LogP contribution in [0.5, 0.6) is 5.75 Å². The molecule has 3 heteroatoms. The van der Waals surface area contributed by atoms with E-state index in [0.29, 0.717) is 5.92 Å². The van der Waals surface area contributed by atoms with E-state index in [9.17, 15) is 4.79 Å². The molecule has 0 N–H and O–H groups in total. The van der Waals surface area contributed by atoms with E-state index < -0.39 is 0 Å². The van der Waals surface area contributed by atoms with Gasteiger partial charge < -0.3 is 9.47 Å². The van der Waals surface area contributed by atoms with E-state index in [4.69, 9.17) is 9.47 Å². The maximum absolute atomic E-state index is 11.5. The van der Waals surface area contributed by atoms with Crippen LogP contribution in [-0.4, -0.2) is 19.2 Å². The molecular formula is C15H20O3. The molecule has 3 nitrogen and oxygen atoms in total. The normalized spacial score (nSPS) is 12.7. The van der Waals surface area contributed by atoms with Crippen molar-refractivity contribution >= 4 is 12.0 Å². The number of methoxy groups -OCH3 is 1. The van der Waals surface area contributed by atoms with Crippen molar-refractivity contribution in [3.8, 4) is 5.75 Å². The molecule has 0 fully saturated rings. The summed E-state index contributed by atoms with van der Waals surface area (Å²) in [6.45, 7) is 5.93. The van der Waals surface area contributed by atoms with Crippen molar-refractivity contribution < 1.29 is 14.3 Å². The van der Waals surface area contributed by atoms with Gasteiger partial charge in [0.05, 0.1) is 7.11 Å². The fourth-order valence-corrected chi connectivity index (χ4v) is 1.24. The minimum Gasteiger partial charge on any atom is -0.497 e. The van der Waals surface area contributed by atoms with E-state index >= 15 is 0 Å². The van der Waals surface area contributed by atoms with Crippen LogP contribution in [0.2, 0.25) is 0 Å². The molecule has 0 aromatic heterocycles. The molecule has 0 amide bonds. The molecule has 0 spiro atoms. The summed E-state index contributed by atoms with van der Waals surface area (Å²) < 4.78 is 10.3. The number of esters is 1. The van der Waals surface area contributed by atoms with Crippen molar-refractivity contribution in [2.75, 3.05) is 7.11 Å². The number of benzene rings is 1. The maximum atomic E-state index is 11.5. The Hall–Kier alpha value is -1.77. The second-order valence-electron chi connectivity index (χ2n) is 4.49. The SMILES string of the molecule is COc1ccc(C=CC(=O)OC(C)C(C)C)cc1. The molecule has 18 heavy (non-hydrogen) atoms. The highest BCUT2D eigenvalue weighted by molar-refractivity contribution is 5.87. The van der Waals surface area contributed by atoms with Gasteiger partial charge in [-0.05, 0) is 36.6 Å². The molecule has 0 aliphatic heterocycles. The smallest absolute Gasteiger partial charge is 0.331 e. The van der Waals surface area contributed by atoms with Crippen LogP contribution >= 0.6 is 0 Å². The number of hydrogen-bond donors (Lipinski definition) is 0. The van der Waals surface area contributed by atoms with Crippen LogP contribution in [0.1, 0.15) is 26.3 Å². The second kappa shape index (κ2) is 6.84. The van der Waals surface area contributed by atoms with E-state index in [1.54, 1.807) is 13.2 Å². The Morgan fingerprint density at radius 1 is 1.17 bits per heavy atom. The third-order valence-electron chi connectivity index (χ3n) is 2.77. The van der Waals surface area contributed by atoms with E-state index in [0.717, 1.165) is 11.3 Å². The Labute approximate surface area is 108 Å². The molecule has 1 atom stereocenters. The summed E-state index contributed by atoms with van der Waals surface area (Å²) in [5.41, 5.74) is 0.935. The molecule has 0 heterocycles. The summed E-state index contributed by atoms with van der Waals surface area (Å²) >= 11 is 0. The van der Waals surface area contributed by atoms with Crippen LogP contribution in [0.4, 0.5) is 0 Å². The van der Waals surface area contributed by atoms with Crippen molar-refractivity contribution in [2.45, 2.75) is 26.9 Å². The van der Waals surface area contributed by atoms with Crippen molar-refractivity contribution in [2.24, 2.45) is 5.92 Å². The van der Waals surface area contributed by atoms with Gasteiger partial charge in [-0.25, -0.2) is 4.79 Å². The molecular weight excluding hydrogens is 228 g/mol. The number of carbonyl (C=O) groups excluding carboxylic acids is 1.